The number of carbonyl (C=O) groups is 2. The second-order valence-corrected chi connectivity index (χ2v) is 5.77. The number of amides is 2. The van der Waals surface area contributed by atoms with Crippen molar-refractivity contribution in [3.63, 3.8) is 0 Å². The molecule has 2 N–H and O–H groups in total. The fourth-order valence-corrected chi connectivity index (χ4v) is 3.16. The lowest BCUT2D eigenvalue weighted by molar-refractivity contribution is -0.139. The minimum atomic E-state index is -0.0261. The Labute approximate surface area is 113 Å². The lowest BCUT2D eigenvalue weighted by Crippen LogP contribution is -2.32. The topological polar surface area (TPSA) is 63.4 Å². The van der Waals surface area contributed by atoms with E-state index in [0.29, 0.717) is 18.0 Å². The summed E-state index contributed by atoms with van der Waals surface area (Å²) >= 11 is 4.80. The van der Waals surface area contributed by atoms with Crippen molar-refractivity contribution in [2.75, 3.05) is 6.54 Å². The monoisotopic (exact) mass is 268 g/mol. The molecular weight excluding hydrogens is 248 g/mol. The molecule has 0 bridgehead atoms. The van der Waals surface area contributed by atoms with Crippen molar-refractivity contribution in [3.05, 3.63) is 0 Å². The van der Waals surface area contributed by atoms with Gasteiger partial charge in [-0.3, -0.25) is 14.5 Å². The third-order valence-corrected chi connectivity index (χ3v) is 4.19. The normalized spacial score (nSPS) is 27.4. The Morgan fingerprint density at radius 1 is 1.17 bits per heavy atom. The van der Waals surface area contributed by atoms with Gasteiger partial charge in [-0.2, -0.15) is 0 Å². The minimum Gasteiger partial charge on any atom is -0.393 e. The van der Waals surface area contributed by atoms with E-state index in [-0.39, 0.29) is 23.7 Å². The van der Waals surface area contributed by atoms with Crippen molar-refractivity contribution < 1.29 is 9.59 Å². The van der Waals surface area contributed by atoms with Gasteiger partial charge in [0.05, 0.1) is 16.8 Å². The Hall–Kier alpha value is -0.970. The van der Waals surface area contributed by atoms with Crippen molar-refractivity contribution in [3.8, 4) is 0 Å². The predicted octanol–water partition coefficient (Wildman–Crippen LogP) is 1.62. The van der Waals surface area contributed by atoms with Crippen LogP contribution in [0.1, 0.15) is 44.9 Å². The summed E-state index contributed by atoms with van der Waals surface area (Å²) in [5.74, 6) is 0.0590. The molecule has 2 aliphatic rings. The summed E-state index contributed by atoms with van der Waals surface area (Å²) < 4.78 is 0. The summed E-state index contributed by atoms with van der Waals surface area (Å²) in [6, 6.07) is 0. The van der Waals surface area contributed by atoms with Crippen molar-refractivity contribution in [2.24, 2.45) is 17.6 Å². The van der Waals surface area contributed by atoms with Crippen LogP contribution in [-0.4, -0.2) is 28.2 Å². The molecule has 0 aromatic carbocycles. The number of nitrogens with two attached hydrogens (primary N) is 1. The van der Waals surface area contributed by atoms with Crippen LogP contribution in [0.4, 0.5) is 0 Å². The zero-order valence-corrected chi connectivity index (χ0v) is 11.4. The Morgan fingerprint density at radius 3 is 2.22 bits per heavy atom. The van der Waals surface area contributed by atoms with Crippen LogP contribution < -0.4 is 5.73 Å². The Kier molecular flexibility index (Phi) is 4.32. The van der Waals surface area contributed by atoms with Crippen LogP contribution in [0, 0.1) is 11.8 Å². The molecule has 2 fully saturated rings. The first-order chi connectivity index (χ1) is 8.61. The van der Waals surface area contributed by atoms with E-state index in [0.717, 1.165) is 38.5 Å². The molecule has 0 radical (unpaired) electrons. The lowest BCUT2D eigenvalue weighted by Gasteiger charge is -2.19. The summed E-state index contributed by atoms with van der Waals surface area (Å²) in [6.07, 6.45) is 6.27. The molecule has 0 spiro atoms. The number of imide groups is 1. The molecule has 1 saturated carbocycles. The molecule has 0 aromatic heterocycles. The minimum absolute atomic E-state index is 0.0261. The molecule has 2 atom stereocenters. The summed E-state index contributed by atoms with van der Waals surface area (Å²) in [7, 11) is 0. The van der Waals surface area contributed by atoms with Crippen LogP contribution in [0.2, 0.25) is 0 Å². The van der Waals surface area contributed by atoms with Crippen molar-refractivity contribution in [1.29, 1.82) is 0 Å². The average molecular weight is 268 g/mol. The van der Waals surface area contributed by atoms with Crippen LogP contribution in [-0.2, 0) is 9.59 Å². The zero-order valence-electron chi connectivity index (χ0n) is 10.6. The molecule has 4 nitrogen and oxygen atoms in total. The van der Waals surface area contributed by atoms with Gasteiger partial charge in [0, 0.05) is 6.54 Å². The first-order valence-corrected chi connectivity index (χ1v) is 7.15. The van der Waals surface area contributed by atoms with Gasteiger partial charge in [0.1, 0.15) is 0 Å². The summed E-state index contributed by atoms with van der Waals surface area (Å²) in [5, 5.41) is 0. The van der Waals surface area contributed by atoms with Gasteiger partial charge in [0.15, 0.2) is 0 Å². The molecule has 1 aliphatic carbocycles. The highest BCUT2D eigenvalue weighted by Gasteiger charge is 2.47. The summed E-state index contributed by atoms with van der Waals surface area (Å²) in [4.78, 5) is 26.2. The molecular formula is C13H20N2O2S. The van der Waals surface area contributed by atoms with Crippen molar-refractivity contribution in [1.82, 2.24) is 4.90 Å². The molecule has 2 rings (SSSR count). The first kappa shape index (κ1) is 13.5. The highest BCUT2D eigenvalue weighted by atomic mass is 32.1. The van der Waals surface area contributed by atoms with Gasteiger partial charge in [0.25, 0.3) is 0 Å². The molecule has 0 aromatic rings. The SMILES string of the molecule is NC(=S)CCCCN1C(=O)C2CCCCC2C1=O. The van der Waals surface area contributed by atoms with Gasteiger partial charge in [0.2, 0.25) is 11.8 Å². The number of hydrogen-bond acceptors (Lipinski definition) is 3. The fraction of sp³-hybridized carbons (Fsp3) is 0.769. The van der Waals surface area contributed by atoms with E-state index in [1.807, 2.05) is 0 Å². The van der Waals surface area contributed by atoms with Gasteiger partial charge in [-0.15, -0.1) is 0 Å². The number of nitrogens with zero attached hydrogens (tertiary/aromatic N) is 1. The molecule has 2 unspecified atom stereocenters. The van der Waals surface area contributed by atoms with Crippen LogP contribution in [0.25, 0.3) is 0 Å². The molecule has 5 heteroatoms. The van der Waals surface area contributed by atoms with Crippen LogP contribution in [0.5, 0.6) is 0 Å². The second-order valence-electron chi connectivity index (χ2n) is 5.25. The Morgan fingerprint density at radius 2 is 1.72 bits per heavy atom. The van der Waals surface area contributed by atoms with E-state index < -0.39 is 0 Å². The third kappa shape index (κ3) is 2.71. The maximum absolute atomic E-state index is 12.1. The fourth-order valence-electron chi connectivity index (χ4n) is 3.02. The van der Waals surface area contributed by atoms with E-state index in [2.05, 4.69) is 0 Å². The highest BCUT2D eigenvalue weighted by Crippen LogP contribution is 2.37. The van der Waals surface area contributed by atoms with E-state index in [1.165, 1.54) is 4.90 Å². The number of fused-ring (bicyclic) bond motifs is 1. The first-order valence-electron chi connectivity index (χ1n) is 6.75. The predicted molar refractivity (Wildman–Crippen MR) is 72.8 cm³/mol. The molecule has 1 aliphatic heterocycles. The molecule has 100 valence electrons. The number of rotatable bonds is 5. The van der Waals surface area contributed by atoms with E-state index in [9.17, 15) is 9.59 Å². The van der Waals surface area contributed by atoms with Gasteiger partial charge >= 0.3 is 0 Å². The third-order valence-electron chi connectivity index (χ3n) is 3.99. The van der Waals surface area contributed by atoms with Gasteiger partial charge in [-0.1, -0.05) is 25.1 Å². The molecule has 2 amide bonds. The smallest absolute Gasteiger partial charge is 0.233 e. The van der Waals surface area contributed by atoms with Crippen LogP contribution >= 0.6 is 12.2 Å². The largest absolute Gasteiger partial charge is 0.393 e. The van der Waals surface area contributed by atoms with Gasteiger partial charge < -0.3 is 5.73 Å². The van der Waals surface area contributed by atoms with Crippen molar-refractivity contribution >= 4 is 29.0 Å². The number of carbonyl (C=O) groups excluding carboxylic acids is 2. The van der Waals surface area contributed by atoms with Gasteiger partial charge in [-0.05, 0) is 32.1 Å². The maximum atomic E-state index is 12.1. The summed E-state index contributed by atoms with van der Waals surface area (Å²) in [6.45, 7) is 0.535. The maximum Gasteiger partial charge on any atom is 0.233 e. The number of hydrogen-bond donors (Lipinski definition) is 1. The van der Waals surface area contributed by atoms with Gasteiger partial charge in [-0.25, -0.2) is 0 Å². The van der Waals surface area contributed by atoms with E-state index in [1.54, 1.807) is 0 Å². The van der Waals surface area contributed by atoms with E-state index in [4.69, 9.17) is 18.0 Å². The highest BCUT2D eigenvalue weighted by molar-refractivity contribution is 7.80. The second kappa shape index (κ2) is 5.78. The van der Waals surface area contributed by atoms with Crippen molar-refractivity contribution in [2.45, 2.75) is 44.9 Å². The standard InChI is InChI=1S/C13H20N2O2S/c14-11(18)7-3-4-8-15-12(16)9-5-1-2-6-10(9)13(15)17/h9-10H,1-8H2,(H2,14,18). The lowest BCUT2D eigenvalue weighted by atomic mass is 9.81. The number of thiocarbonyl (C=S) groups is 1. The summed E-state index contributed by atoms with van der Waals surface area (Å²) in [5.41, 5.74) is 5.42. The zero-order chi connectivity index (χ0) is 13.1. The quantitative estimate of drug-likeness (QED) is 0.467. The number of likely N-dealkylation sites (tertiary alicyclic amines) is 1. The Bertz CT molecular complexity index is 346. The molecule has 18 heavy (non-hydrogen) atoms. The number of unbranched alkanes of at least 4 members (excludes halogenated alkanes) is 1. The Balaban J connectivity index is 1.87. The molecule has 1 heterocycles. The molecule has 1 saturated heterocycles. The van der Waals surface area contributed by atoms with Crippen LogP contribution in [0.15, 0.2) is 0 Å². The van der Waals surface area contributed by atoms with Crippen LogP contribution in [0.3, 0.4) is 0 Å². The van der Waals surface area contributed by atoms with E-state index >= 15 is 0 Å². The average Bonchev–Trinajstić information content (AvgIpc) is 2.59.